The molecular formula is C10H12N2O5S. The number of nitrogens with one attached hydrogen (secondary N) is 2. The van der Waals surface area contributed by atoms with Gasteiger partial charge in [0.05, 0.1) is 5.70 Å². The highest BCUT2D eigenvalue weighted by Crippen LogP contribution is 2.40. The molecule has 2 unspecified atom stereocenters. The molecule has 1 fully saturated rings. The second-order valence-electron chi connectivity index (χ2n) is 4.64. The lowest BCUT2D eigenvalue weighted by atomic mass is 9.90. The van der Waals surface area contributed by atoms with E-state index in [1.165, 1.54) is 5.57 Å². The number of rotatable bonds is 0. The van der Waals surface area contributed by atoms with Crippen LogP contribution in [0.4, 0.5) is 0 Å². The number of fused-ring (bicyclic) bond motifs is 2. The van der Waals surface area contributed by atoms with Crippen molar-refractivity contribution >= 4 is 10.4 Å². The Bertz CT molecular complexity index is 579. The van der Waals surface area contributed by atoms with Gasteiger partial charge in [0.1, 0.15) is 0 Å². The van der Waals surface area contributed by atoms with Crippen molar-refractivity contribution in [3.05, 3.63) is 22.7 Å². The first kappa shape index (κ1) is 10.7. The average Bonchev–Trinajstić information content (AvgIpc) is 2.63. The number of hydrogen-bond acceptors (Lipinski definition) is 7. The maximum Gasteiger partial charge on any atom is 0.405 e. The van der Waals surface area contributed by atoms with E-state index in [0.29, 0.717) is 5.76 Å². The molecule has 8 heteroatoms. The first-order valence-electron chi connectivity index (χ1n) is 5.86. The van der Waals surface area contributed by atoms with E-state index in [0.717, 1.165) is 37.2 Å². The molecule has 2 N–H and O–H groups in total. The highest BCUT2D eigenvalue weighted by atomic mass is 32.3. The van der Waals surface area contributed by atoms with Crippen LogP contribution in [0.25, 0.3) is 0 Å². The van der Waals surface area contributed by atoms with Gasteiger partial charge in [0.15, 0.2) is 11.9 Å². The summed E-state index contributed by atoms with van der Waals surface area (Å²) in [5, 5.41) is 6.14. The van der Waals surface area contributed by atoms with Gasteiger partial charge in [-0.15, -0.1) is 0 Å². The molecule has 98 valence electrons. The zero-order chi connectivity index (χ0) is 12.3. The summed E-state index contributed by atoms with van der Waals surface area (Å²) < 4.78 is 38.4. The molecule has 1 aliphatic carbocycles. The lowest BCUT2D eigenvalue weighted by Gasteiger charge is -2.31. The molecule has 2 atom stereocenters. The SMILES string of the molecule is O=S1(=O)OC2NC3=C(O2)C(O1)C1=C(CCCN1)C3. The zero-order valence-corrected chi connectivity index (χ0v) is 10.2. The number of allylic oxidation sites excluding steroid dienone is 1. The van der Waals surface area contributed by atoms with Crippen molar-refractivity contribution in [2.45, 2.75) is 31.8 Å². The molecule has 0 aromatic carbocycles. The predicted octanol–water partition coefficient (Wildman–Crippen LogP) is -0.197. The van der Waals surface area contributed by atoms with Crippen LogP contribution in [-0.4, -0.2) is 27.5 Å². The molecule has 18 heavy (non-hydrogen) atoms. The second-order valence-corrected chi connectivity index (χ2v) is 5.84. The molecule has 0 aromatic heterocycles. The monoisotopic (exact) mass is 272 g/mol. The standard InChI is InChI=1S/C10H12N2O5S/c13-18(14)16-9-7-5(2-1-3-11-7)4-6-8(9)15-10(12-6)17-18/h9-12H,1-4H2. The van der Waals surface area contributed by atoms with Gasteiger partial charge in [-0.25, -0.2) is 4.18 Å². The van der Waals surface area contributed by atoms with Gasteiger partial charge in [-0.05, 0) is 18.4 Å². The van der Waals surface area contributed by atoms with Gasteiger partial charge in [0.2, 0.25) is 0 Å². The fourth-order valence-electron chi connectivity index (χ4n) is 2.76. The summed E-state index contributed by atoms with van der Waals surface area (Å²) in [7, 11) is -4.05. The Morgan fingerprint density at radius 3 is 3.06 bits per heavy atom. The highest BCUT2D eigenvalue weighted by Gasteiger charge is 2.46. The minimum Gasteiger partial charge on any atom is -0.445 e. The van der Waals surface area contributed by atoms with Crippen LogP contribution in [0.2, 0.25) is 0 Å². The molecule has 3 aliphatic heterocycles. The van der Waals surface area contributed by atoms with Crippen molar-refractivity contribution < 1.29 is 21.5 Å². The van der Waals surface area contributed by atoms with Gasteiger partial charge in [-0.3, -0.25) is 0 Å². The molecule has 7 nitrogen and oxygen atoms in total. The summed E-state index contributed by atoms with van der Waals surface area (Å²) in [5.74, 6) is 0.522. The molecule has 4 rings (SSSR count). The molecule has 2 bridgehead atoms. The first-order chi connectivity index (χ1) is 8.62. The number of hydrogen-bond donors (Lipinski definition) is 2. The quantitative estimate of drug-likeness (QED) is 0.631. The largest absolute Gasteiger partial charge is 0.445 e. The number of ether oxygens (including phenoxy) is 1. The minimum atomic E-state index is -4.05. The summed E-state index contributed by atoms with van der Waals surface area (Å²) >= 11 is 0. The van der Waals surface area contributed by atoms with Crippen molar-refractivity contribution in [2.75, 3.05) is 6.54 Å². The van der Waals surface area contributed by atoms with E-state index in [-0.39, 0.29) is 0 Å². The molecule has 4 aliphatic rings. The summed E-state index contributed by atoms with van der Waals surface area (Å²) in [6, 6.07) is 0. The van der Waals surface area contributed by atoms with Crippen molar-refractivity contribution in [1.29, 1.82) is 0 Å². The Balaban J connectivity index is 1.82. The van der Waals surface area contributed by atoms with Crippen LogP contribution in [0.15, 0.2) is 22.7 Å². The first-order valence-corrected chi connectivity index (χ1v) is 7.19. The van der Waals surface area contributed by atoms with Crippen LogP contribution in [0.3, 0.4) is 0 Å². The van der Waals surface area contributed by atoms with Crippen LogP contribution >= 0.6 is 0 Å². The summed E-state index contributed by atoms with van der Waals surface area (Å²) in [6.07, 6.45) is 1.01. The van der Waals surface area contributed by atoms with Gasteiger partial charge >= 0.3 is 10.4 Å². The average molecular weight is 272 g/mol. The molecule has 0 spiro atoms. The van der Waals surface area contributed by atoms with Crippen LogP contribution in [-0.2, 0) is 23.5 Å². The van der Waals surface area contributed by atoms with Gasteiger partial charge in [-0.2, -0.15) is 12.6 Å². The zero-order valence-electron chi connectivity index (χ0n) is 9.43. The summed E-state index contributed by atoms with van der Waals surface area (Å²) in [4.78, 5) is 0. The predicted molar refractivity (Wildman–Crippen MR) is 58.8 cm³/mol. The fourth-order valence-corrected chi connectivity index (χ4v) is 3.53. The molecule has 3 heterocycles. The maximum absolute atomic E-state index is 11.6. The third-order valence-electron chi connectivity index (χ3n) is 3.49. The van der Waals surface area contributed by atoms with Gasteiger partial charge in [-0.1, -0.05) is 0 Å². The van der Waals surface area contributed by atoms with E-state index in [4.69, 9.17) is 13.1 Å². The third kappa shape index (κ3) is 1.46. The fraction of sp³-hybridized carbons (Fsp3) is 0.600. The van der Waals surface area contributed by atoms with E-state index in [1.807, 2.05) is 0 Å². The molecule has 0 aromatic rings. The molecule has 0 amide bonds. The van der Waals surface area contributed by atoms with E-state index >= 15 is 0 Å². The van der Waals surface area contributed by atoms with E-state index in [1.54, 1.807) is 0 Å². The molecule has 0 saturated carbocycles. The topological polar surface area (TPSA) is 85.9 Å². The van der Waals surface area contributed by atoms with Crippen molar-refractivity contribution in [2.24, 2.45) is 0 Å². The van der Waals surface area contributed by atoms with E-state index < -0.39 is 22.9 Å². The Kier molecular flexibility index (Phi) is 2.01. The van der Waals surface area contributed by atoms with E-state index in [2.05, 4.69) is 10.6 Å². The van der Waals surface area contributed by atoms with Crippen molar-refractivity contribution in [3.63, 3.8) is 0 Å². The Morgan fingerprint density at radius 2 is 2.17 bits per heavy atom. The lowest BCUT2D eigenvalue weighted by Crippen LogP contribution is -2.39. The van der Waals surface area contributed by atoms with Crippen LogP contribution in [0, 0.1) is 0 Å². The summed E-state index contributed by atoms with van der Waals surface area (Å²) in [6.45, 7) is 0.819. The molecule has 0 radical (unpaired) electrons. The summed E-state index contributed by atoms with van der Waals surface area (Å²) in [5.41, 5.74) is 2.86. The van der Waals surface area contributed by atoms with Gasteiger partial charge < -0.3 is 15.4 Å². The lowest BCUT2D eigenvalue weighted by molar-refractivity contribution is -0.0315. The van der Waals surface area contributed by atoms with Gasteiger partial charge in [0, 0.05) is 18.7 Å². The normalized spacial score (nSPS) is 36.2. The molecule has 1 saturated heterocycles. The third-order valence-corrected chi connectivity index (χ3v) is 4.32. The van der Waals surface area contributed by atoms with E-state index in [9.17, 15) is 8.42 Å². The minimum absolute atomic E-state index is 0.522. The Labute approximate surface area is 104 Å². The highest BCUT2D eigenvalue weighted by molar-refractivity contribution is 7.81. The van der Waals surface area contributed by atoms with Crippen LogP contribution < -0.4 is 10.6 Å². The Morgan fingerprint density at radius 1 is 1.28 bits per heavy atom. The second kappa shape index (κ2) is 3.40. The maximum atomic E-state index is 11.6. The van der Waals surface area contributed by atoms with Crippen LogP contribution in [0.1, 0.15) is 19.3 Å². The smallest absolute Gasteiger partial charge is 0.405 e. The van der Waals surface area contributed by atoms with Crippen molar-refractivity contribution in [1.82, 2.24) is 10.6 Å². The van der Waals surface area contributed by atoms with Crippen molar-refractivity contribution in [3.8, 4) is 0 Å². The molecular weight excluding hydrogens is 260 g/mol. The van der Waals surface area contributed by atoms with Crippen LogP contribution in [0.5, 0.6) is 0 Å². The van der Waals surface area contributed by atoms with Gasteiger partial charge in [0.25, 0.3) is 6.41 Å². The Hall–Kier alpha value is -1.25.